The van der Waals surface area contributed by atoms with E-state index in [2.05, 4.69) is 4.98 Å². The maximum absolute atomic E-state index is 11.8. The van der Waals surface area contributed by atoms with Crippen molar-refractivity contribution in [3.05, 3.63) is 32.6 Å². The summed E-state index contributed by atoms with van der Waals surface area (Å²) in [7, 11) is -3.14. The fraction of sp³-hybridized carbons (Fsp3) is 0.500. The molecule has 0 unspecified atom stereocenters. The number of sulfone groups is 1. The topological polar surface area (TPSA) is 106 Å². The van der Waals surface area contributed by atoms with Gasteiger partial charge in [-0.15, -0.1) is 0 Å². The number of aromatic nitrogens is 2. The second-order valence-electron chi connectivity index (χ2n) is 4.00. The van der Waals surface area contributed by atoms with Crippen LogP contribution in [0.5, 0.6) is 0 Å². The van der Waals surface area contributed by atoms with Gasteiger partial charge in [0.15, 0.2) is 5.78 Å². The van der Waals surface area contributed by atoms with Crippen molar-refractivity contribution >= 4 is 15.6 Å². The maximum Gasteiger partial charge on any atom is 0.328 e. The highest BCUT2D eigenvalue weighted by molar-refractivity contribution is 7.90. The SMILES string of the molecule is CC(=O)c1c[nH]c(=O)n(CCCS(C)(=O)=O)c1=O. The lowest BCUT2D eigenvalue weighted by molar-refractivity contribution is 0.101. The molecule has 1 rings (SSSR count). The van der Waals surface area contributed by atoms with Crippen LogP contribution < -0.4 is 11.2 Å². The van der Waals surface area contributed by atoms with Gasteiger partial charge >= 0.3 is 5.69 Å². The van der Waals surface area contributed by atoms with Gasteiger partial charge in [-0.05, 0) is 13.3 Å². The number of H-pyrrole nitrogens is 1. The lowest BCUT2D eigenvalue weighted by atomic mass is 10.2. The van der Waals surface area contributed by atoms with Crippen molar-refractivity contribution in [3.63, 3.8) is 0 Å². The zero-order valence-electron chi connectivity index (χ0n) is 10.1. The summed E-state index contributed by atoms with van der Waals surface area (Å²) in [4.78, 5) is 36.6. The Morgan fingerprint density at radius 2 is 2.00 bits per heavy atom. The number of ketones is 1. The molecule has 1 aromatic heterocycles. The minimum absolute atomic E-state index is 0.0393. The van der Waals surface area contributed by atoms with E-state index in [1.54, 1.807) is 0 Å². The molecule has 0 spiro atoms. The molecule has 0 atom stereocenters. The van der Waals surface area contributed by atoms with Crippen molar-refractivity contribution in [2.45, 2.75) is 19.9 Å². The molecule has 0 saturated heterocycles. The first-order chi connectivity index (χ1) is 8.22. The van der Waals surface area contributed by atoms with E-state index < -0.39 is 26.9 Å². The first-order valence-electron chi connectivity index (χ1n) is 5.23. The molecule has 1 heterocycles. The number of hydrogen-bond donors (Lipinski definition) is 1. The molecule has 0 aliphatic heterocycles. The van der Waals surface area contributed by atoms with Gasteiger partial charge in [0.2, 0.25) is 0 Å². The lowest BCUT2D eigenvalue weighted by Crippen LogP contribution is -2.38. The molecule has 0 bridgehead atoms. The van der Waals surface area contributed by atoms with Gasteiger partial charge in [-0.25, -0.2) is 13.2 Å². The molecule has 0 aliphatic rings. The Kier molecular flexibility index (Phi) is 4.23. The zero-order valence-corrected chi connectivity index (χ0v) is 10.9. The van der Waals surface area contributed by atoms with E-state index >= 15 is 0 Å². The molecule has 0 amide bonds. The Morgan fingerprint density at radius 3 is 2.50 bits per heavy atom. The van der Waals surface area contributed by atoms with Crippen LogP contribution in [0.2, 0.25) is 0 Å². The summed E-state index contributed by atoms with van der Waals surface area (Å²) in [6, 6.07) is 0. The molecule has 8 heteroatoms. The van der Waals surface area contributed by atoms with Gasteiger partial charge in [-0.2, -0.15) is 0 Å². The molecular formula is C10H14N2O5S. The van der Waals surface area contributed by atoms with Crippen molar-refractivity contribution in [1.29, 1.82) is 0 Å². The molecule has 7 nitrogen and oxygen atoms in total. The van der Waals surface area contributed by atoms with Crippen LogP contribution in [0.4, 0.5) is 0 Å². The molecule has 0 aliphatic carbocycles. The number of nitrogens with one attached hydrogen (secondary N) is 1. The van der Waals surface area contributed by atoms with Crippen molar-refractivity contribution in [1.82, 2.24) is 9.55 Å². The molecule has 1 aromatic rings. The summed E-state index contributed by atoms with van der Waals surface area (Å²) in [6.07, 6.45) is 2.29. The average molecular weight is 274 g/mol. The fourth-order valence-electron chi connectivity index (χ4n) is 1.45. The Morgan fingerprint density at radius 1 is 1.39 bits per heavy atom. The van der Waals surface area contributed by atoms with Crippen LogP contribution in [0, 0.1) is 0 Å². The van der Waals surface area contributed by atoms with E-state index in [1.165, 1.54) is 6.92 Å². The van der Waals surface area contributed by atoms with Gasteiger partial charge < -0.3 is 4.98 Å². The van der Waals surface area contributed by atoms with Crippen molar-refractivity contribution in [3.8, 4) is 0 Å². The molecular weight excluding hydrogens is 260 g/mol. The van der Waals surface area contributed by atoms with Gasteiger partial charge in [-0.1, -0.05) is 0 Å². The van der Waals surface area contributed by atoms with Crippen LogP contribution in [0.25, 0.3) is 0 Å². The minimum Gasteiger partial charge on any atom is -0.313 e. The molecule has 0 fully saturated rings. The Balaban J connectivity index is 3.03. The standard InChI is InChI=1S/C10H14N2O5S/c1-7(13)8-6-11-10(15)12(9(8)14)4-3-5-18(2,16)17/h6H,3-5H2,1-2H3,(H,11,15). The first-order valence-corrected chi connectivity index (χ1v) is 7.29. The van der Waals surface area contributed by atoms with E-state index in [0.717, 1.165) is 17.0 Å². The first kappa shape index (κ1) is 14.4. The summed E-state index contributed by atoms with van der Waals surface area (Å²) in [5.74, 6) is -0.573. The Hall–Kier alpha value is -1.70. The second-order valence-corrected chi connectivity index (χ2v) is 6.26. The van der Waals surface area contributed by atoms with Crippen LogP contribution in [0.15, 0.2) is 15.8 Å². The zero-order chi connectivity index (χ0) is 13.9. The molecule has 0 aromatic carbocycles. The summed E-state index contributed by atoms with van der Waals surface area (Å²) in [5, 5.41) is 0. The lowest BCUT2D eigenvalue weighted by Gasteiger charge is -2.05. The third-order valence-electron chi connectivity index (χ3n) is 2.34. The predicted molar refractivity (Wildman–Crippen MR) is 65.7 cm³/mol. The number of carbonyl (C=O) groups excluding carboxylic acids is 1. The van der Waals surface area contributed by atoms with E-state index in [9.17, 15) is 22.8 Å². The van der Waals surface area contributed by atoms with E-state index in [1.807, 2.05) is 0 Å². The Bertz CT molecular complexity index is 668. The summed E-state index contributed by atoms with van der Waals surface area (Å²) in [6.45, 7) is 1.18. The van der Waals surface area contributed by atoms with Crippen LogP contribution >= 0.6 is 0 Å². The highest BCUT2D eigenvalue weighted by Gasteiger charge is 2.11. The summed E-state index contributed by atoms with van der Waals surface area (Å²) in [5.41, 5.74) is -1.47. The van der Waals surface area contributed by atoms with Gasteiger partial charge in [-0.3, -0.25) is 14.2 Å². The van der Waals surface area contributed by atoms with Gasteiger partial charge in [0.05, 0.1) is 11.3 Å². The number of carbonyl (C=O) groups is 1. The molecule has 0 radical (unpaired) electrons. The monoisotopic (exact) mass is 274 g/mol. The number of rotatable bonds is 5. The predicted octanol–water partition coefficient (Wildman–Crippen LogP) is -0.826. The average Bonchev–Trinajstić information content (AvgIpc) is 2.20. The second kappa shape index (κ2) is 5.30. The molecule has 0 saturated carbocycles. The van der Waals surface area contributed by atoms with Gasteiger partial charge in [0, 0.05) is 19.0 Å². The van der Waals surface area contributed by atoms with Gasteiger partial charge in [0.25, 0.3) is 5.56 Å². The van der Waals surface area contributed by atoms with Crippen molar-refractivity contribution in [2.75, 3.05) is 12.0 Å². The van der Waals surface area contributed by atoms with E-state index in [-0.39, 0.29) is 24.3 Å². The quantitative estimate of drug-likeness (QED) is 0.706. The third-order valence-corrected chi connectivity index (χ3v) is 3.37. The number of hydrogen-bond acceptors (Lipinski definition) is 5. The summed E-state index contributed by atoms with van der Waals surface area (Å²) >= 11 is 0. The fourth-order valence-corrected chi connectivity index (χ4v) is 2.10. The number of nitrogens with zero attached hydrogens (tertiary/aromatic N) is 1. The highest BCUT2D eigenvalue weighted by Crippen LogP contribution is 1.92. The molecule has 18 heavy (non-hydrogen) atoms. The number of Topliss-reactive ketones (excluding diaryl/α,β-unsaturated/α-hetero) is 1. The van der Waals surface area contributed by atoms with Crippen LogP contribution in [0.1, 0.15) is 23.7 Å². The molecule has 100 valence electrons. The van der Waals surface area contributed by atoms with E-state index in [4.69, 9.17) is 0 Å². The highest BCUT2D eigenvalue weighted by atomic mass is 32.2. The van der Waals surface area contributed by atoms with Crippen LogP contribution in [-0.4, -0.2) is 35.8 Å². The number of aromatic amines is 1. The van der Waals surface area contributed by atoms with Gasteiger partial charge in [0.1, 0.15) is 9.84 Å². The van der Waals surface area contributed by atoms with E-state index in [0.29, 0.717) is 0 Å². The summed E-state index contributed by atoms with van der Waals surface area (Å²) < 4.78 is 22.7. The van der Waals surface area contributed by atoms with Crippen molar-refractivity contribution in [2.24, 2.45) is 0 Å². The molecule has 1 N–H and O–H groups in total. The largest absolute Gasteiger partial charge is 0.328 e. The van der Waals surface area contributed by atoms with Crippen LogP contribution in [-0.2, 0) is 16.4 Å². The minimum atomic E-state index is -3.14. The van der Waals surface area contributed by atoms with Crippen molar-refractivity contribution < 1.29 is 13.2 Å². The Labute approximate surface area is 103 Å². The third kappa shape index (κ3) is 3.66. The normalized spacial score (nSPS) is 11.4. The maximum atomic E-state index is 11.8. The van der Waals surface area contributed by atoms with Crippen LogP contribution in [0.3, 0.4) is 0 Å². The smallest absolute Gasteiger partial charge is 0.313 e.